The summed E-state index contributed by atoms with van der Waals surface area (Å²) in [4.78, 5) is 14.2. The summed E-state index contributed by atoms with van der Waals surface area (Å²) in [5.74, 6) is 0.523. The van der Waals surface area contributed by atoms with Crippen LogP contribution in [-0.2, 0) is 16.1 Å². The normalized spacial score (nSPS) is 30.5. The number of rotatable bonds is 5. The van der Waals surface area contributed by atoms with E-state index in [2.05, 4.69) is 6.92 Å². The Labute approximate surface area is 137 Å². The molecular weight excluding hydrogens is 290 g/mol. The fraction of sp³-hybridized carbons (Fsp3) is 0.632. The number of ether oxygens (including phenoxy) is 2. The van der Waals surface area contributed by atoms with Crippen LogP contribution in [0.2, 0.25) is 0 Å². The largest absolute Gasteiger partial charge is 0.445 e. The third kappa shape index (κ3) is 3.37. The van der Waals surface area contributed by atoms with Gasteiger partial charge < -0.3 is 14.4 Å². The standard InChI is InChI=1S/C19H25NO3/c1-19(8-9-19)13-23-17-7-10-20(16-11-15(16)17)18(21)22-12-14-5-3-2-4-6-14/h2-6,15-17H,7-13H2,1H3. The Morgan fingerprint density at radius 1 is 1.30 bits per heavy atom. The number of carbonyl (C=O) groups is 1. The maximum absolute atomic E-state index is 12.3. The number of benzene rings is 1. The molecule has 0 aromatic heterocycles. The van der Waals surface area contributed by atoms with Crippen LogP contribution >= 0.6 is 0 Å². The van der Waals surface area contributed by atoms with E-state index in [1.807, 2.05) is 35.2 Å². The van der Waals surface area contributed by atoms with Crippen molar-refractivity contribution >= 4 is 6.09 Å². The van der Waals surface area contributed by atoms with Crippen LogP contribution in [0.3, 0.4) is 0 Å². The van der Waals surface area contributed by atoms with Crippen LogP contribution in [0.25, 0.3) is 0 Å². The Morgan fingerprint density at radius 2 is 2.09 bits per heavy atom. The molecule has 0 N–H and O–H groups in total. The molecule has 3 fully saturated rings. The molecule has 0 spiro atoms. The van der Waals surface area contributed by atoms with Crippen molar-refractivity contribution in [3.63, 3.8) is 0 Å². The van der Waals surface area contributed by atoms with Gasteiger partial charge in [0.05, 0.1) is 12.7 Å². The molecule has 1 aromatic rings. The number of carbonyl (C=O) groups excluding carboxylic acids is 1. The number of fused-ring (bicyclic) bond motifs is 1. The lowest BCUT2D eigenvalue weighted by atomic mass is 10.1. The minimum atomic E-state index is -0.172. The van der Waals surface area contributed by atoms with Crippen LogP contribution < -0.4 is 0 Å². The maximum atomic E-state index is 12.3. The molecule has 1 aromatic carbocycles. The number of amides is 1. The predicted octanol–water partition coefficient (Wildman–Crippen LogP) is 3.60. The minimum absolute atomic E-state index is 0.172. The van der Waals surface area contributed by atoms with Crippen molar-refractivity contribution in [1.82, 2.24) is 4.90 Å². The van der Waals surface area contributed by atoms with E-state index < -0.39 is 0 Å². The molecule has 0 bridgehead atoms. The van der Waals surface area contributed by atoms with Crippen molar-refractivity contribution in [3.05, 3.63) is 35.9 Å². The van der Waals surface area contributed by atoms with E-state index in [1.165, 1.54) is 12.8 Å². The minimum Gasteiger partial charge on any atom is -0.445 e. The number of hydrogen-bond donors (Lipinski definition) is 0. The molecule has 2 saturated carbocycles. The van der Waals surface area contributed by atoms with Gasteiger partial charge in [0.1, 0.15) is 6.61 Å². The molecule has 3 atom stereocenters. The first-order valence-electron chi connectivity index (χ1n) is 8.74. The Hall–Kier alpha value is -1.55. The van der Waals surface area contributed by atoms with E-state index in [1.54, 1.807) is 0 Å². The Balaban J connectivity index is 1.25. The first-order chi connectivity index (χ1) is 11.1. The summed E-state index contributed by atoms with van der Waals surface area (Å²) in [5.41, 5.74) is 1.47. The molecule has 0 radical (unpaired) electrons. The molecule has 4 rings (SSSR count). The Bertz CT molecular complexity index is 569. The quantitative estimate of drug-likeness (QED) is 0.833. The smallest absolute Gasteiger partial charge is 0.410 e. The Morgan fingerprint density at radius 3 is 2.83 bits per heavy atom. The predicted molar refractivity (Wildman–Crippen MR) is 86.9 cm³/mol. The van der Waals surface area contributed by atoms with Crippen LogP contribution in [-0.4, -0.2) is 36.3 Å². The lowest BCUT2D eigenvalue weighted by molar-refractivity contribution is -0.0183. The summed E-state index contributed by atoms with van der Waals surface area (Å²) in [6.45, 7) is 4.30. The van der Waals surface area contributed by atoms with Gasteiger partial charge in [-0.1, -0.05) is 37.3 Å². The van der Waals surface area contributed by atoms with E-state index in [4.69, 9.17) is 9.47 Å². The zero-order chi connectivity index (χ0) is 15.9. The summed E-state index contributed by atoms with van der Waals surface area (Å²) in [6.07, 6.45) is 4.78. The van der Waals surface area contributed by atoms with Crippen molar-refractivity contribution in [2.45, 2.75) is 51.4 Å². The van der Waals surface area contributed by atoms with Gasteiger partial charge in [-0.2, -0.15) is 0 Å². The van der Waals surface area contributed by atoms with E-state index in [0.717, 1.165) is 31.6 Å². The molecule has 4 nitrogen and oxygen atoms in total. The van der Waals surface area contributed by atoms with Crippen molar-refractivity contribution in [2.75, 3.05) is 13.2 Å². The molecular formula is C19H25NO3. The SMILES string of the molecule is CC1(COC2CCN(C(=O)OCc3ccccc3)C3CC23)CC1. The molecule has 2 aliphatic carbocycles. The first kappa shape index (κ1) is 15.0. The molecule has 3 aliphatic rings. The summed E-state index contributed by atoms with van der Waals surface area (Å²) in [6, 6.07) is 10.2. The number of likely N-dealkylation sites (tertiary alicyclic amines) is 1. The van der Waals surface area contributed by atoms with Crippen molar-refractivity contribution < 1.29 is 14.3 Å². The van der Waals surface area contributed by atoms with E-state index in [-0.39, 0.29) is 6.09 Å². The van der Waals surface area contributed by atoms with Crippen LogP contribution in [0.5, 0.6) is 0 Å². The van der Waals surface area contributed by atoms with Gasteiger partial charge in [0.2, 0.25) is 0 Å². The average molecular weight is 315 g/mol. The monoisotopic (exact) mass is 315 g/mol. The van der Waals surface area contributed by atoms with Gasteiger partial charge in [-0.25, -0.2) is 4.79 Å². The summed E-state index contributed by atoms with van der Waals surface area (Å²) < 4.78 is 11.6. The van der Waals surface area contributed by atoms with Crippen LogP contribution in [0.1, 0.15) is 38.2 Å². The van der Waals surface area contributed by atoms with Gasteiger partial charge >= 0.3 is 6.09 Å². The molecule has 124 valence electrons. The second-order valence-corrected chi connectivity index (χ2v) is 7.65. The van der Waals surface area contributed by atoms with Gasteiger partial charge in [0.25, 0.3) is 0 Å². The topological polar surface area (TPSA) is 38.8 Å². The zero-order valence-corrected chi connectivity index (χ0v) is 13.7. The van der Waals surface area contributed by atoms with Crippen molar-refractivity contribution in [3.8, 4) is 0 Å². The van der Waals surface area contributed by atoms with Gasteiger partial charge in [-0.3, -0.25) is 0 Å². The van der Waals surface area contributed by atoms with Gasteiger partial charge in [0, 0.05) is 18.5 Å². The zero-order valence-electron chi connectivity index (χ0n) is 13.7. The molecule has 1 heterocycles. The number of piperidine rings is 1. The molecule has 4 heteroatoms. The van der Waals surface area contributed by atoms with E-state index in [9.17, 15) is 4.79 Å². The summed E-state index contributed by atoms with van der Waals surface area (Å²) >= 11 is 0. The fourth-order valence-electron chi connectivity index (χ4n) is 3.51. The highest BCUT2D eigenvalue weighted by Gasteiger charge is 2.53. The fourth-order valence-corrected chi connectivity index (χ4v) is 3.51. The van der Waals surface area contributed by atoms with Crippen LogP contribution in [0, 0.1) is 11.3 Å². The molecule has 3 unspecified atom stereocenters. The van der Waals surface area contributed by atoms with Crippen LogP contribution in [0.15, 0.2) is 30.3 Å². The van der Waals surface area contributed by atoms with E-state index in [0.29, 0.717) is 30.1 Å². The average Bonchev–Trinajstić information content (AvgIpc) is 3.48. The second-order valence-electron chi connectivity index (χ2n) is 7.65. The lowest BCUT2D eigenvalue weighted by Gasteiger charge is -2.31. The highest BCUT2D eigenvalue weighted by Crippen LogP contribution is 2.48. The lowest BCUT2D eigenvalue weighted by Crippen LogP contribution is -2.42. The van der Waals surface area contributed by atoms with E-state index >= 15 is 0 Å². The van der Waals surface area contributed by atoms with Crippen molar-refractivity contribution in [1.29, 1.82) is 0 Å². The number of nitrogens with zero attached hydrogens (tertiary/aromatic N) is 1. The highest BCUT2D eigenvalue weighted by molar-refractivity contribution is 5.69. The maximum Gasteiger partial charge on any atom is 0.410 e. The van der Waals surface area contributed by atoms with Gasteiger partial charge in [-0.05, 0) is 36.7 Å². The Kier molecular flexibility index (Phi) is 3.80. The van der Waals surface area contributed by atoms with Crippen LogP contribution in [0.4, 0.5) is 4.79 Å². The third-order valence-electron chi connectivity index (χ3n) is 5.53. The molecule has 1 aliphatic heterocycles. The van der Waals surface area contributed by atoms with Gasteiger partial charge in [0.15, 0.2) is 0 Å². The van der Waals surface area contributed by atoms with Crippen molar-refractivity contribution in [2.24, 2.45) is 11.3 Å². The molecule has 1 amide bonds. The number of hydrogen-bond acceptors (Lipinski definition) is 3. The third-order valence-corrected chi connectivity index (χ3v) is 5.53. The summed E-state index contributed by atoms with van der Waals surface area (Å²) in [7, 11) is 0. The molecule has 1 saturated heterocycles. The summed E-state index contributed by atoms with van der Waals surface area (Å²) in [5, 5.41) is 0. The molecule has 23 heavy (non-hydrogen) atoms. The second kappa shape index (κ2) is 5.82. The highest BCUT2D eigenvalue weighted by atomic mass is 16.6. The first-order valence-corrected chi connectivity index (χ1v) is 8.74. The van der Waals surface area contributed by atoms with Gasteiger partial charge in [-0.15, -0.1) is 0 Å².